The smallest absolute Gasteiger partial charge is 0.315 e. The molecule has 0 spiro atoms. The number of aliphatic carboxylic acids is 1. The lowest BCUT2D eigenvalue weighted by Crippen LogP contribution is -2.56. The molecule has 0 aliphatic heterocycles. The van der Waals surface area contributed by atoms with Crippen molar-refractivity contribution in [1.29, 1.82) is 0 Å². The van der Waals surface area contributed by atoms with E-state index >= 15 is 0 Å². The van der Waals surface area contributed by atoms with Crippen LogP contribution in [0.15, 0.2) is 30.3 Å². The van der Waals surface area contributed by atoms with E-state index in [1.165, 1.54) is 7.11 Å². The summed E-state index contributed by atoms with van der Waals surface area (Å²) < 4.78 is 5.31. The van der Waals surface area contributed by atoms with E-state index in [-0.39, 0.29) is 12.5 Å². The predicted octanol–water partition coefficient (Wildman–Crippen LogP) is 1.71. The summed E-state index contributed by atoms with van der Waals surface area (Å²) in [6, 6.07) is 8.94. The molecule has 1 atom stereocenters. The first-order valence-electron chi connectivity index (χ1n) is 7.07. The lowest BCUT2D eigenvalue weighted by atomic mass is 9.78. The molecule has 5 nitrogen and oxygen atoms in total. The number of carbonyl (C=O) groups excluding carboxylic acids is 1. The van der Waals surface area contributed by atoms with E-state index in [9.17, 15) is 14.7 Å². The Kier molecular flexibility index (Phi) is 4.32. The summed E-state index contributed by atoms with van der Waals surface area (Å²) in [7, 11) is 1.52. The van der Waals surface area contributed by atoms with Crippen LogP contribution in [-0.4, -0.2) is 36.2 Å². The van der Waals surface area contributed by atoms with E-state index in [4.69, 9.17) is 4.74 Å². The third-order valence-electron chi connectivity index (χ3n) is 4.45. The van der Waals surface area contributed by atoms with E-state index in [1.807, 2.05) is 6.07 Å². The zero-order chi connectivity index (χ0) is 15.5. The van der Waals surface area contributed by atoms with Crippen molar-refractivity contribution in [3.8, 4) is 0 Å². The number of methoxy groups -OCH3 is 1. The SMILES string of the molecule is COC1(C(=O)NCC(C)(C(=O)O)c2ccccc2)CCC1. The Hall–Kier alpha value is -1.88. The second-order valence-electron chi connectivity index (χ2n) is 5.74. The van der Waals surface area contributed by atoms with Crippen molar-refractivity contribution in [3.05, 3.63) is 35.9 Å². The average Bonchev–Trinajstić information content (AvgIpc) is 2.45. The fourth-order valence-electron chi connectivity index (χ4n) is 2.55. The molecule has 114 valence electrons. The summed E-state index contributed by atoms with van der Waals surface area (Å²) in [4.78, 5) is 23.9. The average molecular weight is 291 g/mol. The molecule has 1 aromatic rings. The summed E-state index contributed by atoms with van der Waals surface area (Å²) in [5.41, 5.74) is -1.26. The number of carbonyl (C=O) groups is 2. The van der Waals surface area contributed by atoms with Crippen LogP contribution in [0, 0.1) is 0 Å². The quantitative estimate of drug-likeness (QED) is 0.836. The topological polar surface area (TPSA) is 75.6 Å². The molecule has 1 aliphatic rings. The summed E-state index contributed by atoms with van der Waals surface area (Å²) in [6.45, 7) is 1.65. The van der Waals surface area contributed by atoms with Crippen molar-refractivity contribution in [3.63, 3.8) is 0 Å². The normalized spacial score (nSPS) is 19.1. The van der Waals surface area contributed by atoms with E-state index in [1.54, 1.807) is 31.2 Å². The maximum Gasteiger partial charge on any atom is 0.315 e. The molecule has 0 heterocycles. The van der Waals surface area contributed by atoms with Crippen molar-refractivity contribution < 1.29 is 19.4 Å². The third kappa shape index (κ3) is 2.78. The monoisotopic (exact) mass is 291 g/mol. The Morgan fingerprint density at radius 3 is 2.38 bits per heavy atom. The summed E-state index contributed by atoms with van der Waals surface area (Å²) in [5.74, 6) is -1.19. The summed E-state index contributed by atoms with van der Waals surface area (Å²) in [5, 5.41) is 12.3. The van der Waals surface area contributed by atoms with Crippen LogP contribution in [0.2, 0.25) is 0 Å². The fraction of sp³-hybridized carbons (Fsp3) is 0.500. The van der Waals surface area contributed by atoms with Gasteiger partial charge < -0.3 is 15.2 Å². The van der Waals surface area contributed by atoms with Crippen molar-refractivity contribution in [2.75, 3.05) is 13.7 Å². The van der Waals surface area contributed by atoms with Crippen LogP contribution in [0.3, 0.4) is 0 Å². The molecule has 1 unspecified atom stereocenters. The molecule has 5 heteroatoms. The maximum atomic E-state index is 12.2. The highest BCUT2D eigenvalue weighted by molar-refractivity contribution is 5.88. The van der Waals surface area contributed by atoms with Crippen LogP contribution >= 0.6 is 0 Å². The van der Waals surface area contributed by atoms with Gasteiger partial charge in [0, 0.05) is 13.7 Å². The molecule has 1 aromatic carbocycles. The number of carboxylic acids is 1. The number of hydrogen-bond donors (Lipinski definition) is 2. The minimum Gasteiger partial charge on any atom is -0.481 e. The van der Waals surface area contributed by atoms with Gasteiger partial charge in [-0.05, 0) is 31.7 Å². The number of hydrogen-bond acceptors (Lipinski definition) is 3. The minimum atomic E-state index is -1.16. The molecule has 1 aliphatic carbocycles. The molecule has 0 saturated heterocycles. The number of rotatable bonds is 6. The number of carboxylic acid groups (broad SMARTS) is 1. The van der Waals surface area contributed by atoms with Crippen LogP contribution in [-0.2, 0) is 19.7 Å². The highest BCUT2D eigenvalue weighted by Crippen LogP contribution is 2.35. The first-order valence-corrected chi connectivity index (χ1v) is 7.07. The van der Waals surface area contributed by atoms with Gasteiger partial charge in [0.15, 0.2) is 0 Å². The molecule has 2 rings (SSSR count). The minimum absolute atomic E-state index is 0.0380. The van der Waals surface area contributed by atoms with Crippen LogP contribution in [0.1, 0.15) is 31.7 Å². The Morgan fingerprint density at radius 1 is 1.33 bits per heavy atom. The Bertz CT molecular complexity index is 519. The van der Waals surface area contributed by atoms with Gasteiger partial charge in [0.05, 0.1) is 0 Å². The van der Waals surface area contributed by atoms with E-state index in [2.05, 4.69) is 5.32 Å². The molecular formula is C16H21NO4. The fourth-order valence-corrected chi connectivity index (χ4v) is 2.55. The highest BCUT2D eigenvalue weighted by Gasteiger charge is 2.45. The Balaban J connectivity index is 2.11. The molecule has 1 saturated carbocycles. The second-order valence-corrected chi connectivity index (χ2v) is 5.74. The van der Waals surface area contributed by atoms with E-state index < -0.39 is 17.0 Å². The molecule has 0 radical (unpaired) electrons. The van der Waals surface area contributed by atoms with Crippen molar-refractivity contribution in [1.82, 2.24) is 5.32 Å². The molecule has 2 N–H and O–H groups in total. The number of nitrogens with one attached hydrogen (secondary N) is 1. The van der Waals surface area contributed by atoms with Crippen molar-refractivity contribution in [2.24, 2.45) is 0 Å². The van der Waals surface area contributed by atoms with Gasteiger partial charge in [-0.3, -0.25) is 9.59 Å². The number of ether oxygens (including phenoxy) is 1. The number of amides is 1. The van der Waals surface area contributed by atoms with Crippen molar-refractivity contribution in [2.45, 2.75) is 37.2 Å². The molecular weight excluding hydrogens is 270 g/mol. The van der Waals surface area contributed by atoms with Gasteiger partial charge in [-0.1, -0.05) is 30.3 Å². The molecule has 0 aromatic heterocycles. The van der Waals surface area contributed by atoms with Gasteiger partial charge in [0.2, 0.25) is 0 Å². The van der Waals surface area contributed by atoms with Gasteiger partial charge >= 0.3 is 5.97 Å². The lowest BCUT2D eigenvalue weighted by molar-refractivity contribution is -0.155. The molecule has 1 fully saturated rings. The third-order valence-corrected chi connectivity index (χ3v) is 4.45. The molecule has 1 amide bonds. The second kappa shape index (κ2) is 5.85. The number of benzene rings is 1. The van der Waals surface area contributed by atoms with Gasteiger partial charge in [-0.25, -0.2) is 0 Å². The van der Waals surface area contributed by atoms with Gasteiger partial charge in [-0.15, -0.1) is 0 Å². The first-order chi connectivity index (χ1) is 9.94. The van der Waals surface area contributed by atoms with Gasteiger partial charge in [0.25, 0.3) is 5.91 Å². The zero-order valence-electron chi connectivity index (χ0n) is 12.4. The standard InChI is InChI=1S/C16H21NO4/c1-15(14(19)20,12-7-4-3-5-8-12)11-17-13(18)16(21-2)9-6-10-16/h3-5,7-8H,6,9-11H2,1-2H3,(H,17,18)(H,19,20). The largest absolute Gasteiger partial charge is 0.481 e. The van der Waals surface area contributed by atoms with Crippen LogP contribution in [0.4, 0.5) is 0 Å². The molecule has 21 heavy (non-hydrogen) atoms. The van der Waals surface area contributed by atoms with E-state index in [0.717, 1.165) is 6.42 Å². The van der Waals surface area contributed by atoms with Gasteiger partial charge in [-0.2, -0.15) is 0 Å². The lowest BCUT2D eigenvalue weighted by Gasteiger charge is -2.39. The first kappa shape index (κ1) is 15.5. The maximum absolute atomic E-state index is 12.2. The summed E-state index contributed by atoms with van der Waals surface area (Å²) in [6.07, 6.45) is 2.32. The van der Waals surface area contributed by atoms with Crippen molar-refractivity contribution >= 4 is 11.9 Å². The molecule has 0 bridgehead atoms. The highest BCUT2D eigenvalue weighted by atomic mass is 16.5. The van der Waals surface area contributed by atoms with Gasteiger partial charge in [0.1, 0.15) is 11.0 Å². The summed E-state index contributed by atoms with van der Waals surface area (Å²) >= 11 is 0. The van der Waals surface area contributed by atoms with E-state index in [0.29, 0.717) is 18.4 Å². The van der Waals surface area contributed by atoms with Crippen LogP contribution in [0.5, 0.6) is 0 Å². The zero-order valence-corrected chi connectivity index (χ0v) is 12.4. The predicted molar refractivity (Wildman–Crippen MR) is 78.0 cm³/mol. The van der Waals surface area contributed by atoms with Crippen LogP contribution < -0.4 is 5.32 Å². The Labute approximate surface area is 124 Å². The van der Waals surface area contributed by atoms with Crippen LogP contribution in [0.25, 0.3) is 0 Å². The Morgan fingerprint density at radius 2 is 1.95 bits per heavy atom.